The Kier molecular flexibility index (Phi) is 4.22. The molecule has 0 fully saturated rings. The fraction of sp³-hybridized carbons (Fsp3) is 0.400. The Hall–Kier alpha value is -1.81. The average molecular weight is 259 g/mol. The van der Waals surface area contributed by atoms with Gasteiger partial charge in [-0.1, -0.05) is 6.08 Å². The number of furan rings is 1. The first-order valence-electron chi connectivity index (χ1n) is 6.51. The molecule has 19 heavy (non-hydrogen) atoms. The van der Waals surface area contributed by atoms with Gasteiger partial charge >= 0.3 is 0 Å². The Morgan fingerprint density at radius 2 is 2.26 bits per heavy atom. The van der Waals surface area contributed by atoms with Gasteiger partial charge in [0.25, 0.3) is 0 Å². The van der Waals surface area contributed by atoms with E-state index in [1.54, 1.807) is 6.26 Å². The van der Waals surface area contributed by atoms with Gasteiger partial charge in [0.05, 0.1) is 12.0 Å². The summed E-state index contributed by atoms with van der Waals surface area (Å²) < 4.78 is 5.27. The van der Waals surface area contributed by atoms with Gasteiger partial charge in [-0.15, -0.1) is 0 Å². The minimum atomic E-state index is 0.333. The Balaban J connectivity index is 1.98. The average Bonchev–Trinajstić information content (AvgIpc) is 2.99. The van der Waals surface area contributed by atoms with Crippen molar-refractivity contribution >= 4 is 6.08 Å². The normalized spacial score (nSPS) is 13.5. The molecule has 2 rings (SSSR count). The maximum Gasteiger partial charge on any atom is 0.126 e. The zero-order chi connectivity index (χ0) is 13.8. The molecule has 102 valence electrons. The van der Waals surface area contributed by atoms with Crippen LogP contribution < -0.4 is 0 Å². The zero-order valence-electron chi connectivity index (χ0n) is 12.0. The molecule has 1 N–H and O–H groups in total. The van der Waals surface area contributed by atoms with E-state index in [9.17, 15) is 0 Å². The Morgan fingerprint density at radius 1 is 1.47 bits per heavy atom. The molecular weight excluding hydrogens is 238 g/mol. The van der Waals surface area contributed by atoms with E-state index in [-0.39, 0.29) is 0 Å². The second-order valence-corrected chi connectivity index (χ2v) is 4.88. The lowest BCUT2D eigenvalue weighted by atomic mass is 10.1. The first kappa shape index (κ1) is 13.6. The summed E-state index contributed by atoms with van der Waals surface area (Å²) in [5, 5.41) is 7.30. The van der Waals surface area contributed by atoms with E-state index in [2.05, 4.69) is 42.1 Å². The van der Waals surface area contributed by atoms with Crippen molar-refractivity contribution in [3.8, 4) is 0 Å². The van der Waals surface area contributed by atoms with Crippen molar-refractivity contribution in [1.82, 2.24) is 15.1 Å². The van der Waals surface area contributed by atoms with E-state index in [1.165, 1.54) is 5.56 Å². The number of nitrogens with zero attached hydrogens (tertiary/aromatic N) is 2. The predicted octanol–water partition coefficient (Wildman–Crippen LogP) is 3.33. The third kappa shape index (κ3) is 3.15. The van der Waals surface area contributed by atoms with Crippen molar-refractivity contribution < 1.29 is 4.42 Å². The third-order valence-electron chi connectivity index (χ3n) is 3.48. The van der Waals surface area contributed by atoms with E-state index in [4.69, 9.17) is 4.42 Å². The van der Waals surface area contributed by atoms with Crippen LogP contribution in [0.5, 0.6) is 0 Å². The van der Waals surface area contributed by atoms with Crippen molar-refractivity contribution in [2.45, 2.75) is 26.8 Å². The van der Waals surface area contributed by atoms with Gasteiger partial charge in [0.15, 0.2) is 0 Å². The fourth-order valence-corrected chi connectivity index (χ4v) is 2.27. The van der Waals surface area contributed by atoms with Gasteiger partial charge < -0.3 is 4.42 Å². The maximum atomic E-state index is 5.27. The van der Waals surface area contributed by atoms with Crippen LogP contribution in [0.2, 0.25) is 0 Å². The quantitative estimate of drug-likeness (QED) is 0.895. The standard InChI is InChI=1S/C15H21N3O/c1-11-15(12(2)17-16-11)13(3)18(4)9-5-7-14-8-6-10-19-14/h5-8,10,13H,9H2,1-4H3,(H,16,17)/b7-5+/t13-/m0/s1. The molecule has 1 atom stereocenters. The van der Waals surface area contributed by atoms with Gasteiger partial charge in [0.1, 0.15) is 5.76 Å². The molecule has 0 aliphatic heterocycles. The van der Waals surface area contributed by atoms with Crippen LogP contribution in [0.15, 0.2) is 28.9 Å². The number of aryl methyl sites for hydroxylation is 2. The summed E-state index contributed by atoms with van der Waals surface area (Å²) in [5.74, 6) is 0.886. The predicted molar refractivity (Wildman–Crippen MR) is 76.8 cm³/mol. The minimum Gasteiger partial charge on any atom is -0.465 e. The number of nitrogens with one attached hydrogen (secondary N) is 1. The summed E-state index contributed by atoms with van der Waals surface area (Å²) in [7, 11) is 2.11. The molecule has 2 aromatic heterocycles. The van der Waals surface area contributed by atoms with Crippen LogP contribution >= 0.6 is 0 Å². The van der Waals surface area contributed by atoms with Crippen molar-refractivity contribution in [2.24, 2.45) is 0 Å². The topological polar surface area (TPSA) is 45.1 Å². The summed E-state index contributed by atoms with van der Waals surface area (Å²) in [6.07, 6.45) is 5.79. The van der Waals surface area contributed by atoms with Gasteiger partial charge in [0.2, 0.25) is 0 Å². The third-order valence-corrected chi connectivity index (χ3v) is 3.48. The molecule has 4 heteroatoms. The van der Waals surface area contributed by atoms with Crippen LogP contribution in [-0.4, -0.2) is 28.7 Å². The Bertz CT molecular complexity index is 520. The summed E-state index contributed by atoms with van der Waals surface area (Å²) in [6, 6.07) is 4.18. The summed E-state index contributed by atoms with van der Waals surface area (Å²) in [5.41, 5.74) is 3.51. The number of H-pyrrole nitrogens is 1. The van der Waals surface area contributed by atoms with Gasteiger partial charge in [-0.05, 0) is 46.0 Å². The summed E-state index contributed by atoms with van der Waals surface area (Å²) in [6.45, 7) is 7.18. The summed E-state index contributed by atoms with van der Waals surface area (Å²) >= 11 is 0. The highest BCUT2D eigenvalue weighted by molar-refractivity contribution is 5.42. The molecule has 2 aromatic rings. The van der Waals surface area contributed by atoms with Crippen LogP contribution in [0.1, 0.15) is 35.7 Å². The smallest absolute Gasteiger partial charge is 0.126 e. The lowest BCUT2D eigenvalue weighted by molar-refractivity contribution is 0.288. The van der Waals surface area contributed by atoms with Crippen LogP contribution in [-0.2, 0) is 0 Å². The molecular formula is C15H21N3O. The molecule has 0 bridgehead atoms. The first-order chi connectivity index (χ1) is 9.09. The van der Waals surface area contributed by atoms with Crippen molar-refractivity contribution in [1.29, 1.82) is 0 Å². The highest BCUT2D eigenvalue weighted by Crippen LogP contribution is 2.23. The molecule has 2 heterocycles. The number of aromatic amines is 1. The second kappa shape index (κ2) is 5.89. The van der Waals surface area contributed by atoms with E-state index >= 15 is 0 Å². The molecule has 0 aliphatic rings. The molecule has 0 amide bonds. The molecule has 0 unspecified atom stereocenters. The molecule has 0 aliphatic carbocycles. The monoisotopic (exact) mass is 259 g/mol. The molecule has 0 spiro atoms. The number of hydrogen-bond acceptors (Lipinski definition) is 3. The van der Waals surface area contributed by atoms with Crippen molar-refractivity contribution in [3.05, 3.63) is 47.2 Å². The molecule has 4 nitrogen and oxygen atoms in total. The molecule has 0 saturated carbocycles. The second-order valence-electron chi connectivity index (χ2n) is 4.88. The Labute approximate surface area is 114 Å². The van der Waals surface area contributed by atoms with Crippen molar-refractivity contribution in [3.63, 3.8) is 0 Å². The Morgan fingerprint density at radius 3 is 2.84 bits per heavy atom. The molecule has 0 radical (unpaired) electrons. The number of aromatic nitrogens is 2. The van der Waals surface area contributed by atoms with E-state index in [0.717, 1.165) is 23.7 Å². The first-order valence-corrected chi connectivity index (χ1v) is 6.51. The van der Waals surface area contributed by atoms with E-state index < -0.39 is 0 Å². The van der Waals surface area contributed by atoms with Crippen molar-refractivity contribution in [2.75, 3.05) is 13.6 Å². The SMILES string of the molecule is Cc1n[nH]c(C)c1[C@H](C)N(C)C/C=C/c1ccco1. The minimum absolute atomic E-state index is 0.333. The van der Waals surface area contributed by atoms with E-state index in [1.807, 2.05) is 25.1 Å². The number of likely N-dealkylation sites (N-methyl/N-ethyl adjacent to an activating group) is 1. The van der Waals surface area contributed by atoms with Gasteiger partial charge in [0, 0.05) is 23.8 Å². The van der Waals surface area contributed by atoms with Gasteiger partial charge in [-0.25, -0.2) is 0 Å². The van der Waals surface area contributed by atoms with Gasteiger partial charge in [-0.2, -0.15) is 5.10 Å². The fourth-order valence-electron chi connectivity index (χ4n) is 2.27. The lowest BCUT2D eigenvalue weighted by Gasteiger charge is -2.23. The maximum absolute atomic E-state index is 5.27. The largest absolute Gasteiger partial charge is 0.465 e. The summed E-state index contributed by atoms with van der Waals surface area (Å²) in [4.78, 5) is 2.28. The highest BCUT2D eigenvalue weighted by Gasteiger charge is 2.17. The molecule has 0 aromatic carbocycles. The zero-order valence-corrected chi connectivity index (χ0v) is 12.0. The van der Waals surface area contributed by atoms with Crippen LogP contribution in [0.3, 0.4) is 0 Å². The van der Waals surface area contributed by atoms with Crippen LogP contribution in [0.25, 0.3) is 6.08 Å². The van der Waals surface area contributed by atoms with Crippen LogP contribution in [0.4, 0.5) is 0 Å². The van der Waals surface area contributed by atoms with Gasteiger partial charge in [-0.3, -0.25) is 10.00 Å². The molecule has 0 saturated heterocycles. The highest BCUT2D eigenvalue weighted by atomic mass is 16.3. The number of rotatable bonds is 5. The lowest BCUT2D eigenvalue weighted by Crippen LogP contribution is -2.23. The number of hydrogen-bond donors (Lipinski definition) is 1. The van der Waals surface area contributed by atoms with Crippen LogP contribution in [0, 0.1) is 13.8 Å². The van der Waals surface area contributed by atoms with E-state index in [0.29, 0.717) is 6.04 Å².